The molecule has 0 aliphatic carbocycles. The van der Waals surface area contributed by atoms with E-state index in [1.165, 1.54) is 10.5 Å². The second-order valence-corrected chi connectivity index (χ2v) is 8.72. The van der Waals surface area contributed by atoms with Crippen molar-refractivity contribution >= 4 is 50.6 Å². The summed E-state index contributed by atoms with van der Waals surface area (Å²) >= 11 is 1.64. The molecule has 32 heavy (non-hydrogen) atoms. The lowest BCUT2D eigenvalue weighted by atomic mass is 10.1. The number of amides is 3. The van der Waals surface area contributed by atoms with E-state index in [2.05, 4.69) is 24.4 Å². The molecule has 7 heteroatoms. The van der Waals surface area contributed by atoms with Crippen LogP contribution >= 0.6 is 11.3 Å². The van der Waals surface area contributed by atoms with Crippen molar-refractivity contribution in [3.63, 3.8) is 0 Å². The van der Waals surface area contributed by atoms with Crippen LogP contribution in [0, 0.1) is 6.92 Å². The Balaban J connectivity index is 1.29. The molecule has 1 aromatic heterocycles. The second-order valence-electron chi connectivity index (χ2n) is 7.69. The Labute approximate surface area is 188 Å². The molecule has 1 saturated heterocycles. The van der Waals surface area contributed by atoms with Gasteiger partial charge in [0, 0.05) is 29.7 Å². The molecule has 2 heterocycles. The molecule has 158 valence electrons. The van der Waals surface area contributed by atoms with Crippen molar-refractivity contribution in [1.29, 1.82) is 0 Å². The molecule has 3 amide bonds. The van der Waals surface area contributed by atoms with Gasteiger partial charge in [-0.3, -0.25) is 19.3 Å². The van der Waals surface area contributed by atoms with Gasteiger partial charge < -0.3 is 5.32 Å². The minimum atomic E-state index is -0.265. The lowest BCUT2D eigenvalue weighted by molar-refractivity contribution is -0.121. The molecule has 0 bridgehead atoms. The Morgan fingerprint density at radius 1 is 0.938 bits per heavy atom. The first-order valence-electron chi connectivity index (χ1n) is 10.2. The van der Waals surface area contributed by atoms with Gasteiger partial charge in [0.15, 0.2) is 0 Å². The molecule has 0 spiro atoms. The molecule has 5 rings (SSSR count). The highest BCUT2D eigenvalue weighted by Crippen LogP contribution is 2.31. The number of rotatable bonds is 4. The third kappa shape index (κ3) is 3.78. The van der Waals surface area contributed by atoms with Gasteiger partial charge in [-0.1, -0.05) is 6.07 Å². The number of anilines is 2. The highest BCUT2D eigenvalue weighted by atomic mass is 32.1. The maximum Gasteiger partial charge on any atom is 0.255 e. The maximum absolute atomic E-state index is 12.6. The fourth-order valence-electron chi connectivity index (χ4n) is 3.68. The van der Waals surface area contributed by atoms with Gasteiger partial charge in [0.1, 0.15) is 5.01 Å². The van der Waals surface area contributed by atoms with E-state index in [1.807, 2.05) is 30.3 Å². The summed E-state index contributed by atoms with van der Waals surface area (Å²) in [5, 5.41) is 3.81. The second kappa shape index (κ2) is 8.01. The number of carbonyl (C=O) groups excluding carboxylic acids is 3. The van der Waals surface area contributed by atoms with E-state index in [1.54, 1.807) is 35.6 Å². The summed E-state index contributed by atoms with van der Waals surface area (Å²) < 4.78 is 1.15. The van der Waals surface area contributed by atoms with Crippen LogP contribution in [0.5, 0.6) is 0 Å². The lowest BCUT2D eigenvalue weighted by Crippen LogP contribution is -2.28. The van der Waals surface area contributed by atoms with E-state index in [4.69, 9.17) is 4.98 Å². The van der Waals surface area contributed by atoms with Crippen molar-refractivity contribution in [3.05, 3.63) is 77.9 Å². The largest absolute Gasteiger partial charge is 0.322 e. The predicted octanol–water partition coefficient (Wildman–Crippen LogP) is 5.18. The fourth-order valence-corrected chi connectivity index (χ4v) is 4.75. The molecule has 4 aromatic rings. The molecule has 3 aromatic carbocycles. The quantitative estimate of drug-likeness (QED) is 0.443. The van der Waals surface area contributed by atoms with Crippen LogP contribution in [0.2, 0.25) is 0 Å². The van der Waals surface area contributed by atoms with Crippen molar-refractivity contribution in [3.8, 4) is 10.6 Å². The number of nitrogens with one attached hydrogen (secondary N) is 1. The molecular weight excluding hydrogens is 422 g/mol. The van der Waals surface area contributed by atoms with E-state index in [9.17, 15) is 14.4 Å². The van der Waals surface area contributed by atoms with Crippen LogP contribution in [-0.4, -0.2) is 22.7 Å². The smallest absolute Gasteiger partial charge is 0.255 e. The predicted molar refractivity (Wildman–Crippen MR) is 126 cm³/mol. The van der Waals surface area contributed by atoms with Gasteiger partial charge >= 0.3 is 0 Å². The monoisotopic (exact) mass is 441 g/mol. The molecule has 1 N–H and O–H groups in total. The first-order chi connectivity index (χ1) is 15.5. The number of imide groups is 1. The SMILES string of the molecule is Cc1ccc2nc(-c3ccc(NC(=O)c4ccc(N5C(=O)CCC5=O)cc4)cc3)sc2c1. The minimum absolute atomic E-state index is 0.212. The number of nitrogens with zero attached hydrogens (tertiary/aromatic N) is 2. The summed E-state index contributed by atoms with van der Waals surface area (Å²) in [5.74, 6) is -0.690. The van der Waals surface area contributed by atoms with Crippen LogP contribution < -0.4 is 10.2 Å². The molecular formula is C25H19N3O3S. The van der Waals surface area contributed by atoms with Gasteiger partial charge in [-0.2, -0.15) is 0 Å². The number of carbonyl (C=O) groups is 3. The summed E-state index contributed by atoms with van der Waals surface area (Å²) in [6.45, 7) is 2.06. The van der Waals surface area contributed by atoms with Gasteiger partial charge in [0.05, 0.1) is 15.9 Å². The Morgan fingerprint density at radius 3 is 2.31 bits per heavy atom. The van der Waals surface area contributed by atoms with Crippen LogP contribution in [0.15, 0.2) is 66.7 Å². The Kier molecular flexibility index (Phi) is 5.03. The molecule has 0 radical (unpaired) electrons. The zero-order chi connectivity index (χ0) is 22.2. The highest BCUT2D eigenvalue weighted by Gasteiger charge is 2.30. The minimum Gasteiger partial charge on any atom is -0.322 e. The third-order valence-corrected chi connectivity index (χ3v) is 6.44. The van der Waals surface area contributed by atoms with E-state index in [0.29, 0.717) is 16.9 Å². The van der Waals surface area contributed by atoms with Crippen molar-refractivity contribution in [2.75, 3.05) is 10.2 Å². The Morgan fingerprint density at radius 2 is 1.62 bits per heavy atom. The van der Waals surface area contributed by atoms with Crippen molar-refractivity contribution in [2.45, 2.75) is 19.8 Å². The van der Waals surface area contributed by atoms with Crippen LogP contribution in [-0.2, 0) is 9.59 Å². The van der Waals surface area contributed by atoms with Crippen molar-refractivity contribution in [2.24, 2.45) is 0 Å². The normalized spacial score (nSPS) is 13.7. The van der Waals surface area contributed by atoms with Gasteiger partial charge in [0.25, 0.3) is 5.91 Å². The van der Waals surface area contributed by atoms with Gasteiger partial charge in [-0.05, 0) is 73.2 Å². The average Bonchev–Trinajstić information content (AvgIpc) is 3.36. The van der Waals surface area contributed by atoms with Crippen LogP contribution in [0.1, 0.15) is 28.8 Å². The van der Waals surface area contributed by atoms with E-state index >= 15 is 0 Å². The number of thiazole rings is 1. The topological polar surface area (TPSA) is 79.4 Å². The summed E-state index contributed by atoms with van der Waals surface area (Å²) in [6, 6.07) is 20.2. The lowest BCUT2D eigenvalue weighted by Gasteiger charge is -2.14. The van der Waals surface area contributed by atoms with E-state index in [0.717, 1.165) is 20.8 Å². The van der Waals surface area contributed by atoms with Crippen molar-refractivity contribution in [1.82, 2.24) is 4.98 Å². The standard InChI is InChI=1S/C25H19N3O3S/c1-15-2-11-20-21(14-15)32-25(27-20)17-3-7-18(8-4-17)26-24(31)16-5-9-19(10-6-16)28-22(29)12-13-23(28)30/h2-11,14H,12-13H2,1H3,(H,26,31). The van der Waals surface area contributed by atoms with Gasteiger partial charge in [-0.15, -0.1) is 11.3 Å². The first-order valence-corrected chi connectivity index (χ1v) is 11.0. The fraction of sp³-hybridized carbons (Fsp3) is 0.120. The molecule has 0 unspecified atom stereocenters. The molecule has 1 fully saturated rings. The average molecular weight is 442 g/mol. The summed E-state index contributed by atoms with van der Waals surface area (Å²) in [7, 11) is 0. The zero-order valence-corrected chi connectivity index (χ0v) is 18.1. The van der Waals surface area contributed by atoms with Crippen LogP contribution in [0.3, 0.4) is 0 Å². The zero-order valence-electron chi connectivity index (χ0n) is 17.3. The molecule has 0 atom stereocenters. The van der Waals surface area contributed by atoms with Crippen molar-refractivity contribution < 1.29 is 14.4 Å². The molecule has 1 aliphatic rings. The number of aromatic nitrogens is 1. The number of hydrogen-bond acceptors (Lipinski definition) is 5. The van der Waals surface area contributed by atoms with Crippen LogP contribution in [0.4, 0.5) is 11.4 Å². The number of benzene rings is 3. The first kappa shape index (κ1) is 20.1. The molecule has 0 saturated carbocycles. The highest BCUT2D eigenvalue weighted by molar-refractivity contribution is 7.21. The van der Waals surface area contributed by atoms with Gasteiger partial charge in [-0.25, -0.2) is 4.98 Å². The number of fused-ring (bicyclic) bond motifs is 1. The maximum atomic E-state index is 12.6. The van der Waals surface area contributed by atoms with Gasteiger partial charge in [0.2, 0.25) is 11.8 Å². The van der Waals surface area contributed by atoms with Crippen LogP contribution in [0.25, 0.3) is 20.8 Å². The van der Waals surface area contributed by atoms with E-state index in [-0.39, 0.29) is 30.6 Å². The summed E-state index contributed by atoms with van der Waals surface area (Å²) in [5.41, 5.74) is 4.78. The number of hydrogen-bond donors (Lipinski definition) is 1. The Hall–Kier alpha value is -3.84. The Bertz CT molecular complexity index is 1340. The van der Waals surface area contributed by atoms with E-state index < -0.39 is 0 Å². The third-order valence-electron chi connectivity index (χ3n) is 5.37. The summed E-state index contributed by atoms with van der Waals surface area (Å²) in [6.07, 6.45) is 0.460. The molecule has 1 aliphatic heterocycles. The molecule has 6 nitrogen and oxygen atoms in total. The number of aryl methyl sites for hydroxylation is 1. The summed E-state index contributed by atoms with van der Waals surface area (Å²) in [4.78, 5) is 42.2.